The number of carbonyl (C=O) groups excluding carboxylic acids is 1. The van der Waals surface area contributed by atoms with Crippen molar-refractivity contribution in [2.45, 2.75) is 79.4 Å². The van der Waals surface area contributed by atoms with Crippen LogP contribution in [0.2, 0.25) is 0 Å². The van der Waals surface area contributed by atoms with E-state index in [-0.39, 0.29) is 24.9 Å². The molecule has 1 aliphatic rings. The summed E-state index contributed by atoms with van der Waals surface area (Å²) in [6.45, 7) is 11.0. The topological polar surface area (TPSA) is 58.9 Å². The van der Waals surface area contributed by atoms with Crippen molar-refractivity contribution in [1.82, 2.24) is 0 Å². The predicted octanol–water partition coefficient (Wildman–Crippen LogP) is 5.77. The van der Waals surface area contributed by atoms with E-state index in [1.54, 1.807) is 0 Å². The van der Waals surface area contributed by atoms with Crippen molar-refractivity contribution >= 4 is 23.3 Å². The van der Waals surface area contributed by atoms with Gasteiger partial charge in [-0.05, 0) is 37.4 Å². The summed E-state index contributed by atoms with van der Waals surface area (Å²) in [6, 6.07) is 0. The first kappa shape index (κ1) is 24.0. The number of carbonyl (C=O) groups is 1. The summed E-state index contributed by atoms with van der Waals surface area (Å²) in [5.74, 6) is 2.10. The fraction of sp³-hybridized carbons (Fsp3) is 0.800. The van der Waals surface area contributed by atoms with Crippen LogP contribution in [0.25, 0.3) is 0 Å². The highest BCUT2D eigenvalue weighted by Gasteiger charge is 2.32. The number of hydrogen-bond donors (Lipinski definition) is 1. The van der Waals surface area contributed by atoms with Crippen LogP contribution in [0.15, 0.2) is 16.5 Å². The molecule has 0 radical (unpaired) electrons. The van der Waals surface area contributed by atoms with Crippen LogP contribution in [0.1, 0.15) is 74.1 Å². The van der Waals surface area contributed by atoms with E-state index in [2.05, 4.69) is 25.9 Å². The van der Waals surface area contributed by atoms with Crippen molar-refractivity contribution in [2.75, 3.05) is 12.4 Å². The predicted molar refractivity (Wildman–Crippen MR) is 109 cm³/mol. The number of aliphatic hydroxyl groups is 1. The van der Waals surface area contributed by atoms with Crippen LogP contribution in [-0.2, 0) is 9.63 Å². The third-order valence-corrected chi connectivity index (χ3v) is 5.79. The first-order valence-electron chi connectivity index (χ1n) is 9.20. The second kappa shape index (κ2) is 12.4. The Labute approximate surface area is 158 Å². The van der Waals surface area contributed by atoms with Gasteiger partial charge in [0.2, 0.25) is 0 Å². The first-order chi connectivity index (χ1) is 11.4. The van der Waals surface area contributed by atoms with E-state index >= 15 is 0 Å². The van der Waals surface area contributed by atoms with Crippen molar-refractivity contribution in [3.8, 4) is 0 Å². The Bertz CT molecular complexity index is 472. The highest BCUT2D eigenvalue weighted by molar-refractivity contribution is 7.99. The van der Waals surface area contributed by atoms with Crippen LogP contribution in [0.3, 0.4) is 0 Å². The van der Waals surface area contributed by atoms with Crippen molar-refractivity contribution in [1.29, 1.82) is 0 Å². The van der Waals surface area contributed by atoms with E-state index in [0.29, 0.717) is 48.3 Å². The van der Waals surface area contributed by atoms with Crippen molar-refractivity contribution in [3.63, 3.8) is 0 Å². The first-order valence-corrected chi connectivity index (χ1v) is 10.2. The Morgan fingerprint density at radius 3 is 2.48 bits per heavy atom. The lowest BCUT2D eigenvalue weighted by atomic mass is 9.81. The number of Topliss-reactive ketones (excluding diaryl/α,β-unsaturated/α-hetero) is 1. The van der Waals surface area contributed by atoms with Crippen LogP contribution in [0.5, 0.6) is 0 Å². The molecule has 1 rings (SSSR count). The fourth-order valence-corrected chi connectivity index (χ4v) is 4.36. The molecule has 0 aliphatic heterocycles. The number of allylic oxidation sites excluding steroid dienone is 2. The van der Waals surface area contributed by atoms with E-state index in [1.165, 1.54) is 0 Å². The van der Waals surface area contributed by atoms with Gasteiger partial charge < -0.3 is 9.94 Å². The van der Waals surface area contributed by atoms with Crippen molar-refractivity contribution in [2.24, 2.45) is 17.0 Å². The average Bonchev–Trinajstić information content (AvgIpc) is 2.51. The maximum Gasteiger partial charge on any atom is 0.168 e. The second-order valence-electron chi connectivity index (χ2n) is 6.70. The van der Waals surface area contributed by atoms with Crippen LogP contribution in [-0.4, -0.2) is 34.2 Å². The van der Waals surface area contributed by atoms with E-state index in [9.17, 15) is 9.90 Å². The lowest BCUT2D eigenvalue weighted by molar-refractivity contribution is -0.116. The minimum absolute atomic E-state index is 0. The molecule has 0 aromatic rings. The van der Waals surface area contributed by atoms with Crippen molar-refractivity contribution < 1.29 is 14.7 Å². The molecule has 2 atom stereocenters. The number of ketones is 1. The van der Waals surface area contributed by atoms with Crippen LogP contribution in [0.4, 0.5) is 0 Å². The number of nitrogens with zero attached hydrogens (tertiary/aromatic N) is 1. The summed E-state index contributed by atoms with van der Waals surface area (Å²) in [5, 5.41) is 15.1. The molecular formula is C20H37NO3S. The van der Waals surface area contributed by atoms with Gasteiger partial charge in [-0.1, -0.05) is 46.7 Å². The Balaban J connectivity index is 0.00000576. The smallest absolute Gasteiger partial charge is 0.168 e. The molecule has 0 saturated carbocycles. The molecule has 0 heterocycles. The van der Waals surface area contributed by atoms with Gasteiger partial charge in [0.05, 0.1) is 11.3 Å². The summed E-state index contributed by atoms with van der Waals surface area (Å²) in [5.41, 5.74) is 1.01. The number of hydrogen-bond acceptors (Lipinski definition) is 5. The summed E-state index contributed by atoms with van der Waals surface area (Å²) >= 11 is 1.95. The molecule has 146 valence electrons. The third kappa shape index (κ3) is 7.43. The quantitative estimate of drug-likeness (QED) is 0.391. The molecule has 0 bridgehead atoms. The van der Waals surface area contributed by atoms with Gasteiger partial charge in [0.1, 0.15) is 12.4 Å². The Morgan fingerprint density at radius 2 is 2.00 bits per heavy atom. The molecule has 5 heteroatoms. The SMILES string of the molecule is C.CCC/C(=N\OCC)C1=C(O)CC(CC(SCC)C(C)C)CC1=O. The van der Waals surface area contributed by atoms with Crippen LogP contribution < -0.4 is 0 Å². The second-order valence-corrected chi connectivity index (χ2v) is 8.21. The van der Waals surface area contributed by atoms with E-state index < -0.39 is 0 Å². The number of aliphatic hydroxyl groups excluding tert-OH is 1. The highest BCUT2D eigenvalue weighted by Crippen LogP contribution is 2.35. The molecule has 0 fully saturated rings. The van der Waals surface area contributed by atoms with E-state index in [4.69, 9.17) is 4.84 Å². The summed E-state index contributed by atoms with van der Waals surface area (Å²) in [7, 11) is 0. The zero-order chi connectivity index (χ0) is 18.1. The highest BCUT2D eigenvalue weighted by atomic mass is 32.2. The van der Waals surface area contributed by atoms with Gasteiger partial charge in [0, 0.05) is 18.1 Å². The maximum atomic E-state index is 12.6. The molecule has 0 saturated heterocycles. The average molecular weight is 372 g/mol. The molecular weight excluding hydrogens is 334 g/mol. The van der Waals surface area contributed by atoms with Gasteiger partial charge >= 0.3 is 0 Å². The number of rotatable bonds is 10. The molecule has 0 amide bonds. The molecule has 0 spiro atoms. The molecule has 0 aromatic heterocycles. The molecule has 1 N–H and O–H groups in total. The Kier molecular flexibility index (Phi) is 11.9. The maximum absolute atomic E-state index is 12.6. The normalized spacial score (nSPS) is 19.8. The minimum Gasteiger partial charge on any atom is -0.511 e. The fourth-order valence-electron chi connectivity index (χ4n) is 3.14. The van der Waals surface area contributed by atoms with Gasteiger partial charge in [-0.25, -0.2) is 0 Å². The van der Waals surface area contributed by atoms with Gasteiger partial charge in [-0.3, -0.25) is 4.79 Å². The standard InChI is InChI=1S/C19H33NO3S.CH4/c1-6-9-15(20-23-7-2)19-16(21)10-14(11-17(19)22)12-18(13(4)5)24-8-3;/h13-14,18,21H,6-12H2,1-5H3;1H4/b20-15+;. The van der Waals surface area contributed by atoms with E-state index in [0.717, 1.165) is 18.6 Å². The monoisotopic (exact) mass is 371 g/mol. The zero-order valence-corrected chi connectivity index (χ0v) is 16.6. The zero-order valence-electron chi connectivity index (χ0n) is 15.8. The summed E-state index contributed by atoms with van der Waals surface area (Å²) < 4.78 is 0. The summed E-state index contributed by atoms with van der Waals surface area (Å²) in [4.78, 5) is 17.8. The van der Waals surface area contributed by atoms with Crippen LogP contribution in [0, 0.1) is 11.8 Å². The van der Waals surface area contributed by atoms with Gasteiger partial charge in [0.25, 0.3) is 0 Å². The Hall–Kier alpha value is -0.970. The van der Waals surface area contributed by atoms with Crippen molar-refractivity contribution in [3.05, 3.63) is 11.3 Å². The Morgan fingerprint density at radius 1 is 1.32 bits per heavy atom. The number of oxime groups is 1. The molecule has 1 aliphatic carbocycles. The third-order valence-electron chi connectivity index (χ3n) is 4.29. The largest absolute Gasteiger partial charge is 0.511 e. The lowest BCUT2D eigenvalue weighted by Crippen LogP contribution is -2.27. The molecule has 4 nitrogen and oxygen atoms in total. The molecule has 0 aromatic carbocycles. The van der Waals surface area contributed by atoms with Gasteiger partial charge in [-0.15, -0.1) is 0 Å². The lowest BCUT2D eigenvalue weighted by Gasteiger charge is -2.29. The van der Waals surface area contributed by atoms with Gasteiger partial charge in [0.15, 0.2) is 5.78 Å². The molecule has 25 heavy (non-hydrogen) atoms. The molecule has 2 unspecified atom stereocenters. The van der Waals surface area contributed by atoms with Gasteiger partial charge in [-0.2, -0.15) is 11.8 Å². The van der Waals surface area contributed by atoms with E-state index in [1.807, 2.05) is 25.6 Å². The minimum atomic E-state index is 0. The summed E-state index contributed by atoms with van der Waals surface area (Å²) in [6.07, 6.45) is 3.56. The number of thioether (sulfide) groups is 1. The van der Waals surface area contributed by atoms with Crippen LogP contribution >= 0.6 is 11.8 Å².